The summed E-state index contributed by atoms with van der Waals surface area (Å²) >= 11 is 2.81. The average molecular weight is 245 g/mol. The number of fused-ring (bicyclic) bond motifs is 1. The molecular formula is C12H7NOS2. The number of hydrogen-bond donors (Lipinski definition) is 0. The van der Waals surface area contributed by atoms with E-state index in [-0.39, 0.29) is 4.74 Å². The van der Waals surface area contributed by atoms with Crippen LogP contribution in [0.15, 0.2) is 46.6 Å². The fourth-order valence-electron chi connectivity index (χ4n) is 1.52. The van der Waals surface area contributed by atoms with E-state index in [1.54, 1.807) is 11.3 Å². The Bertz CT molecular complexity index is 686. The van der Waals surface area contributed by atoms with Gasteiger partial charge in [-0.1, -0.05) is 29.5 Å². The molecule has 0 unspecified atom stereocenters. The second-order valence-electron chi connectivity index (χ2n) is 3.30. The number of rotatable bonds is 1. The Hall–Kier alpha value is -1.52. The van der Waals surface area contributed by atoms with Gasteiger partial charge in [0.05, 0.1) is 15.8 Å². The highest BCUT2D eigenvalue weighted by molar-refractivity contribution is 7.19. The molecule has 0 atom stereocenters. The van der Waals surface area contributed by atoms with Gasteiger partial charge in [-0.3, -0.25) is 4.79 Å². The van der Waals surface area contributed by atoms with E-state index < -0.39 is 0 Å². The maximum atomic E-state index is 11.9. The second kappa shape index (κ2) is 3.81. The van der Waals surface area contributed by atoms with E-state index in [0.29, 0.717) is 5.39 Å². The first kappa shape index (κ1) is 9.69. The Kier molecular flexibility index (Phi) is 2.31. The molecule has 1 aromatic carbocycles. The van der Waals surface area contributed by atoms with E-state index in [1.165, 1.54) is 11.3 Å². The van der Waals surface area contributed by atoms with Crippen LogP contribution in [0.25, 0.3) is 20.8 Å². The van der Waals surface area contributed by atoms with Crippen LogP contribution >= 0.6 is 22.7 Å². The van der Waals surface area contributed by atoms with Crippen molar-refractivity contribution in [3.8, 4) is 9.88 Å². The number of thiophene rings is 1. The van der Waals surface area contributed by atoms with Crippen LogP contribution in [-0.2, 0) is 0 Å². The smallest absolute Gasteiger partial charge is 0.243 e. The van der Waals surface area contributed by atoms with E-state index >= 15 is 0 Å². The van der Waals surface area contributed by atoms with Crippen molar-refractivity contribution < 1.29 is 0 Å². The SMILES string of the molecule is O=c1sc(-c2cccs2)nc2ccccc12. The van der Waals surface area contributed by atoms with Gasteiger partial charge in [0.25, 0.3) is 0 Å². The van der Waals surface area contributed by atoms with Gasteiger partial charge in [0, 0.05) is 0 Å². The Labute approximate surface area is 99.8 Å². The van der Waals surface area contributed by atoms with Crippen LogP contribution in [0.5, 0.6) is 0 Å². The molecule has 0 amide bonds. The average Bonchev–Trinajstić information content (AvgIpc) is 2.82. The van der Waals surface area contributed by atoms with Crippen molar-refractivity contribution in [3.63, 3.8) is 0 Å². The number of para-hydroxylation sites is 1. The Morgan fingerprint density at radius 3 is 2.75 bits per heavy atom. The molecule has 2 heterocycles. The molecule has 0 spiro atoms. The summed E-state index contributed by atoms with van der Waals surface area (Å²) in [4.78, 5) is 17.4. The third kappa shape index (κ3) is 1.56. The number of hydrogen-bond acceptors (Lipinski definition) is 4. The van der Waals surface area contributed by atoms with Crippen LogP contribution in [0.1, 0.15) is 0 Å². The first-order chi connectivity index (χ1) is 7.84. The minimum Gasteiger partial charge on any atom is -0.277 e. The normalized spacial score (nSPS) is 10.8. The summed E-state index contributed by atoms with van der Waals surface area (Å²) in [5, 5.41) is 3.50. The van der Waals surface area contributed by atoms with Crippen LogP contribution in [0.3, 0.4) is 0 Å². The second-order valence-corrected chi connectivity index (χ2v) is 5.21. The Balaban J connectivity index is 2.34. The standard InChI is InChI=1S/C12H7NOS2/c14-12-8-4-1-2-5-9(8)13-11(16-12)10-6-3-7-15-10/h1-7H. The predicted molar refractivity (Wildman–Crippen MR) is 69.2 cm³/mol. The van der Waals surface area contributed by atoms with Crippen LogP contribution in [-0.4, -0.2) is 4.98 Å². The summed E-state index contributed by atoms with van der Waals surface area (Å²) in [6.45, 7) is 0. The molecule has 78 valence electrons. The molecule has 0 N–H and O–H groups in total. The van der Waals surface area contributed by atoms with Gasteiger partial charge in [-0.25, -0.2) is 4.98 Å². The predicted octanol–water partition coefficient (Wildman–Crippen LogP) is 3.39. The largest absolute Gasteiger partial charge is 0.277 e. The topological polar surface area (TPSA) is 30.0 Å². The van der Waals surface area contributed by atoms with Gasteiger partial charge in [-0.15, -0.1) is 11.3 Å². The van der Waals surface area contributed by atoms with E-state index in [9.17, 15) is 4.79 Å². The van der Waals surface area contributed by atoms with E-state index in [2.05, 4.69) is 4.98 Å². The lowest BCUT2D eigenvalue weighted by Gasteiger charge is -1.98. The zero-order valence-corrected chi connectivity index (χ0v) is 9.85. The van der Waals surface area contributed by atoms with E-state index in [0.717, 1.165) is 15.4 Å². The molecule has 3 rings (SSSR count). The quantitative estimate of drug-likeness (QED) is 0.658. The number of aromatic nitrogens is 1. The van der Waals surface area contributed by atoms with Gasteiger partial charge in [0.1, 0.15) is 5.01 Å². The maximum absolute atomic E-state index is 11.9. The molecule has 3 aromatic rings. The monoisotopic (exact) mass is 245 g/mol. The van der Waals surface area contributed by atoms with E-state index in [1.807, 2.05) is 41.8 Å². The number of benzene rings is 1. The van der Waals surface area contributed by atoms with Gasteiger partial charge < -0.3 is 0 Å². The zero-order chi connectivity index (χ0) is 11.0. The summed E-state index contributed by atoms with van der Waals surface area (Å²) < 4.78 is 0.0778. The first-order valence-electron chi connectivity index (χ1n) is 4.78. The lowest BCUT2D eigenvalue weighted by atomic mass is 10.2. The highest BCUT2D eigenvalue weighted by Gasteiger charge is 2.06. The van der Waals surface area contributed by atoms with Crippen molar-refractivity contribution in [2.24, 2.45) is 0 Å². The van der Waals surface area contributed by atoms with Crippen molar-refractivity contribution in [1.82, 2.24) is 4.98 Å². The molecule has 16 heavy (non-hydrogen) atoms. The highest BCUT2D eigenvalue weighted by Crippen LogP contribution is 2.26. The third-order valence-corrected chi connectivity index (χ3v) is 4.18. The molecular weight excluding hydrogens is 238 g/mol. The van der Waals surface area contributed by atoms with Crippen LogP contribution < -0.4 is 4.74 Å². The minimum atomic E-state index is 0.0778. The number of nitrogens with zero attached hydrogens (tertiary/aromatic N) is 1. The van der Waals surface area contributed by atoms with Crippen molar-refractivity contribution in [3.05, 3.63) is 51.3 Å². The zero-order valence-electron chi connectivity index (χ0n) is 8.21. The van der Waals surface area contributed by atoms with Crippen molar-refractivity contribution >= 4 is 33.6 Å². The fourth-order valence-corrected chi connectivity index (χ4v) is 3.17. The van der Waals surface area contributed by atoms with Crippen LogP contribution in [0.2, 0.25) is 0 Å². The maximum Gasteiger partial charge on any atom is 0.243 e. The Morgan fingerprint density at radius 2 is 1.94 bits per heavy atom. The third-order valence-electron chi connectivity index (χ3n) is 2.27. The van der Waals surface area contributed by atoms with Crippen LogP contribution in [0.4, 0.5) is 0 Å². The molecule has 2 nitrogen and oxygen atoms in total. The lowest BCUT2D eigenvalue weighted by Crippen LogP contribution is -1.97. The summed E-state index contributed by atoms with van der Waals surface area (Å²) in [6, 6.07) is 11.4. The molecule has 0 saturated carbocycles. The van der Waals surface area contributed by atoms with Gasteiger partial charge in [-0.05, 0) is 23.6 Å². The van der Waals surface area contributed by atoms with Crippen molar-refractivity contribution in [2.45, 2.75) is 0 Å². The van der Waals surface area contributed by atoms with Gasteiger partial charge in [0.2, 0.25) is 4.74 Å². The summed E-state index contributed by atoms with van der Waals surface area (Å²) in [6.07, 6.45) is 0. The van der Waals surface area contributed by atoms with Gasteiger partial charge >= 0.3 is 0 Å². The van der Waals surface area contributed by atoms with E-state index in [4.69, 9.17) is 0 Å². The molecule has 0 aliphatic heterocycles. The Morgan fingerprint density at radius 1 is 1.06 bits per heavy atom. The molecule has 0 fully saturated rings. The summed E-state index contributed by atoms with van der Waals surface area (Å²) in [5.74, 6) is 0. The summed E-state index contributed by atoms with van der Waals surface area (Å²) in [5.41, 5.74) is 0.773. The first-order valence-corrected chi connectivity index (χ1v) is 6.48. The van der Waals surface area contributed by atoms with Crippen molar-refractivity contribution in [1.29, 1.82) is 0 Å². The molecule has 4 heteroatoms. The van der Waals surface area contributed by atoms with Crippen molar-refractivity contribution in [2.75, 3.05) is 0 Å². The van der Waals surface area contributed by atoms with Crippen LogP contribution in [0, 0.1) is 0 Å². The summed E-state index contributed by atoms with van der Waals surface area (Å²) in [7, 11) is 0. The molecule has 0 bridgehead atoms. The van der Waals surface area contributed by atoms with Gasteiger partial charge in [0.15, 0.2) is 0 Å². The molecule has 0 aliphatic rings. The fraction of sp³-hybridized carbons (Fsp3) is 0. The molecule has 0 aliphatic carbocycles. The lowest BCUT2D eigenvalue weighted by molar-refractivity contribution is 1.47. The molecule has 2 aromatic heterocycles. The minimum absolute atomic E-state index is 0.0778. The molecule has 0 saturated heterocycles. The highest BCUT2D eigenvalue weighted by atomic mass is 32.1. The van der Waals surface area contributed by atoms with Gasteiger partial charge in [-0.2, -0.15) is 0 Å². The molecule has 0 radical (unpaired) electrons.